The number of hydrogen-bond donors (Lipinski definition) is 2. The summed E-state index contributed by atoms with van der Waals surface area (Å²) in [5.41, 5.74) is 2.33. The maximum absolute atomic E-state index is 11.5. The lowest BCUT2D eigenvalue weighted by molar-refractivity contribution is -0.148. The summed E-state index contributed by atoms with van der Waals surface area (Å²) in [5.74, 6) is 0.241. The van der Waals surface area contributed by atoms with Gasteiger partial charge in [0.05, 0.1) is 22.4 Å². The Morgan fingerprint density at radius 3 is 2.69 bits per heavy atom. The number of rotatable bonds is 3. The molecule has 1 fully saturated rings. The highest BCUT2D eigenvalue weighted by Crippen LogP contribution is 2.40. The highest BCUT2D eigenvalue weighted by Gasteiger charge is 2.32. The van der Waals surface area contributed by atoms with E-state index in [4.69, 9.17) is 4.99 Å². The Kier molecular flexibility index (Phi) is 5.44. The van der Waals surface area contributed by atoms with E-state index >= 15 is 0 Å². The van der Waals surface area contributed by atoms with Crippen LogP contribution in [0.3, 0.4) is 0 Å². The van der Waals surface area contributed by atoms with Gasteiger partial charge >= 0.3 is 5.97 Å². The van der Waals surface area contributed by atoms with Crippen molar-refractivity contribution in [3.63, 3.8) is 0 Å². The minimum absolute atomic E-state index is 0.558. The number of aliphatic carboxylic acids is 1. The lowest BCUT2D eigenvalue weighted by Crippen LogP contribution is -2.52. The Labute approximate surface area is 183 Å². The maximum atomic E-state index is 11.5. The largest absolute Gasteiger partial charge is 0.481 e. The predicted molar refractivity (Wildman–Crippen MR) is 122 cm³/mol. The Morgan fingerprint density at radius 2 is 2.00 bits per heavy atom. The first-order valence-electron chi connectivity index (χ1n) is 9.70. The van der Waals surface area contributed by atoms with E-state index in [1.807, 2.05) is 12.1 Å². The summed E-state index contributed by atoms with van der Waals surface area (Å²) < 4.78 is 1.00. The second-order valence-electron chi connectivity index (χ2n) is 8.27. The second-order valence-corrected chi connectivity index (χ2v) is 10.4. The Bertz CT molecular complexity index is 977. The Morgan fingerprint density at radius 1 is 1.28 bits per heavy atom. The fourth-order valence-corrected chi connectivity index (χ4v) is 5.03. The number of thiophene rings is 1. The van der Waals surface area contributed by atoms with Crippen molar-refractivity contribution >= 4 is 55.4 Å². The molecule has 0 atom stereocenters. The molecular weight excluding hydrogens is 452 g/mol. The van der Waals surface area contributed by atoms with E-state index in [-0.39, 0.29) is 0 Å². The number of benzene rings is 1. The van der Waals surface area contributed by atoms with Gasteiger partial charge in [-0.15, -0.1) is 11.3 Å². The number of nitrogens with one attached hydrogen (secondary N) is 1. The zero-order chi connectivity index (χ0) is 20.8. The second kappa shape index (κ2) is 7.74. The number of carboxylic acids is 1. The van der Waals surface area contributed by atoms with E-state index < -0.39 is 11.4 Å². The van der Waals surface area contributed by atoms with Crippen molar-refractivity contribution in [3.8, 4) is 0 Å². The van der Waals surface area contributed by atoms with Crippen LogP contribution in [0.15, 0.2) is 33.7 Å². The molecule has 1 aromatic heterocycles. The number of amidine groups is 1. The highest BCUT2D eigenvalue weighted by molar-refractivity contribution is 9.10. The Hall–Kier alpha value is -1.90. The number of fused-ring (bicyclic) bond motifs is 2. The fourth-order valence-electron chi connectivity index (χ4n) is 3.76. The molecule has 2 aliphatic rings. The van der Waals surface area contributed by atoms with E-state index in [1.54, 1.807) is 25.2 Å². The highest BCUT2D eigenvalue weighted by atomic mass is 79.9. The third-order valence-corrected chi connectivity index (χ3v) is 6.86. The third-order valence-electron chi connectivity index (χ3n) is 5.40. The van der Waals surface area contributed by atoms with Gasteiger partial charge in [0.1, 0.15) is 10.8 Å². The van der Waals surface area contributed by atoms with Crippen LogP contribution in [0, 0.1) is 12.3 Å². The summed E-state index contributed by atoms with van der Waals surface area (Å²) in [6, 6.07) is 8.32. The van der Waals surface area contributed by atoms with Crippen LogP contribution in [0.1, 0.15) is 24.3 Å². The van der Waals surface area contributed by atoms with Gasteiger partial charge in [0, 0.05) is 42.1 Å². The van der Waals surface area contributed by atoms with E-state index in [1.165, 1.54) is 4.88 Å². The van der Waals surface area contributed by atoms with Gasteiger partial charge in [-0.05, 0) is 45.0 Å². The third kappa shape index (κ3) is 4.20. The standard InChI is InChI=1S/C21H25BrN4O2S/c1-13-10-15-18(23-17-11-14(22)4-5-16(17)24-19(15)29-13)26-8-6-25(7-9-26)12-21(2,3)20(27)28/h4-5,10-11,24H,6-9,12H2,1-3H3,(H,27,28). The van der Waals surface area contributed by atoms with Crippen LogP contribution in [0.25, 0.3) is 0 Å². The topological polar surface area (TPSA) is 68.2 Å². The van der Waals surface area contributed by atoms with Crippen LogP contribution in [-0.2, 0) is 4.79 Å². The van der Waals surface area contributed by atoms with Crippen molar-refractivity contribution in [2.45, 2.75) is 20.8 Å². The van der Waals surface area contributed by atoms with Crippen molar-refractivity contribution < 1.29 is 9.90 Å². The van der Waals surface area contributed by atoms with Crippen LogP contribution >= 0.6 is 27.3 Å². The van der Waals surface area contributed by atoms with E-state index in [0.717, 1.165) is 58.4 Å². The minimum atomic E-state index is -0.750. The normalized spacial score (nSPS) is 17.1. The van der Waals surface area contributed by atoms with Gasteiger partial charge in [-0.1, -0.05) is 15.9 Å². The van der Waals surface area contributed by atoms with Crippen LogP contribution < -0.4 is 5.32 Å². The number of carbonyl (C=O) groups is 1. The van der Waals surface area contributed by atoms with Crippen LogP contribution in [0.4, 0.5) is 16.4 Å². The number of anilines is 2. The average Bonchev–Trinajstić information content (AvgIpc) is 2.95. The molecule has 2 aromatic rings. The smallest absolute Gasteiger partial charge is 0.310 e. The predicted octanol–water partition coefficient (Wildman–Crippen LogP) is 4.68. The number of aryl methyl sites for hydroxylation is 1. The summed E-state index contributed by atoms with van der Waals surface area (Å²) in [7, 11) is 0. The van der Waals surface area contributed by atoms with Gasteiger partial charge in [-0.2, -0.15) is 0 Å². The lowest BCUT2D eigenvalue weighted by Gasteiger charge is -2.38. The molecule has 0 bridgehead atoms. The molecule has 0 radical (unpaired) electrons. The molecule has 0 aliphatic carbocycles. The average molecular weight is 477 g/mol. The molecule has 0 spiro atoms. The maximum Gasteiger partial charge on any atom is 0.310 e. The van der Waals surface area contributed by atoms with Crippen molar-refractivity contribution in [3.05, 3.63) is 39.2 Å². The summed E-state index contributed by atoms with van der Waals surface area (Å²) in [6.07, 6.45) is 0. The molecule has 6 nitrogen and oxygen atoms in total. The Balaban J connectivity index is 1.59. The molecular formula is C21H25BrN4O2S. The molecule has 2 N–H and O–H groups in total. The summed E-state index contributed by atoms with van der Waals surface area (Å²) in [5, 5.41) is 14.1. The van der Waals surface area contributed by atoms with Gasteiger partial charge < -0.3 is 15.3 Å². The van der Waals surface area contributed by atoms with Crippen molar-refractivity contribution in [1.29, 1.82) is 0 Å². The minimum Gasteiger partial charge on any atom is -0.481 e. The molecule has 0 saturated carbocycles. The zero-order valence-corrected chi connectivity index (χ0v) is 19.2. The van der Waals surface area contributed by atoms with E-state index in [9.17, 15) is 9.90 Å². The summed E-state index contributed by atoms with van der Waals surface area (Å²) in [4.78, 5) is 22.3. The number of piperazine rings is 1. The van der Waals surface area contributed by atoms with E-state index in [0.29, 0.717) is 6.54 Å². The van der Waals surface area contributed by atoms with Gasteiger partial charge in [0.2, 0.25) is 0 Å². The quantitative estimate of drug-likeness (QED) is 0.672. The van der Waals surface area contributed by atoms with Crippen molar-refractivity contribution in [1.82, 2.24) is 9.80 Å². The lowest BCUT2D eigenvalue weighted by atomic mass is 9.93. The van der Waals surface area contributed by atoms with Gasteiger partial charge in [-0.25, -0.2) is 4.99 Å². The van der Waals surface area contributed by atoms with Crippen LogP contribution in [-0.4, -0.2) is 59.4 Å². The van der Waals surface area contributed by atoms with E-state index in [2.05, 4.69) is 50.1 Å². The molecule has 154 valence electrons. The first-order chi connectivity index (χ1) is 13.7. The first kappa shape index (κ1) is 20.4. The molecule has 0 unspecified atom stereocenters. The number of nitrogens with zero attached hydrogens (tertiary/aromatic N) is 3. The fraction of sp³-hybridized carbons (Fsp3) is 0.429. The number of aliphatic imine (C=N–C) groups is 1. The van der Waals surface area contributed by atoms with Gasteiger partial charge in [-0.3, -0.25) is 9.69 Å². The van der Waals surface area contributed by atoms with Gasteiger partial charge in [0.15, 0.2) is 0 Å². The molecule has 4 rings (SSSR count). The van der Waals surface area contributed by atoms with Crippen molar-refractivity contribution in [2.24, 2.45) is 10.4 Å². The zero-order valence-electron chi connectivity index (χ0n) is 16.8. The summed E-state index contributed by atoms with van der Waals surface area (Å²) >= 11 is 5.30. The van der Waals surface area contributed by atoms with Crippen LogP contribution in [0.5, 0.6) is 0 Å². The van der Waals surface area contributed by atoms with Crippen LogP contribution in [0.2, 0.25) is 0 Å². The van der Waals surface area contributed by atoms with Gasteiger partial charge in [0.25, 0.3) is 0 Å². The molecule has 1 saturated heterocycles. The number of carboxylic acid groups (broad SMARTS) is 1. The monoisotopic (exact) mass is 476 g/mol. The molecule has 8 heteroatoms. The molecule has 0 amide bonds. The van der Waals surface area contributed by atoms with Crippen molar-refractivity contribution in [2.75, 3.05) is 38.0 Å². The molecule has 1 aromatic carbocycles. The summed E-state index contributed by atoms with van der Waals surface area (Å²) in [6.45, 7) is 9.56. The molecule has 29 heavy (non-hydrogen) atoms. The SMILES string of the molecule is Cc1cc2c(s1)Nc1ccc(Br)cc1N=C2N1CCN(CC(C)(C)C(=O)O)CC1. The number of hydrogen-bond acceptors (Lipinski definition) is 6. The molecule has 2 aliphatic heterocycles. The number of halogens is 1. The first-order valence-corrected chi connectivity index (χ1v) is 11.3. The molecule has 3 heterocycles.